The molecule has 0 atom stereocenters. The number of aromatic nitrogens is 1. The van der Waals surface area contributed by atoms with E-state index in [0.717, 1.165) is 47.9 Å². The molecule has 6 rings (SSSR count). The lowest BCUT2D eigenvalue weighted by molar-refractivity contribution is -0.115. The normalized spacial score (nSPS) is 16.1. The van der Waals surface area contributed by atoms with Crippen LogP contribution in [0.4, 0.5) is 5.69 Å². The Hall–Kier alpha value is -5.57. The van der Waals surface area contributed by atoms with E-state index in [1.807, 2.05) is 54.7 Å². The summed E-state index contributed by atoms with van der Waals surface area (Å²) in [6.07, 6.45) is 5.48. The molecule has 228 valence electrons. The maximum atomic E-state index is 12.8. The summed E-state index contributed by atoms with van der Waals surface area (Å²) >= 11 is 0. The standard InChI is InChI=1S/C36H33N3O6/c40-34(39-33-4-2-1-3-31(33)36(42)43)21-23-5-10-27(11-6-23)44-29-14-16-30(17-15-29)45-28-12-8-26(9-13-28)38-35(41)25-7-18-32-24(22-25)19-20-37-32/h1-7,10-11,14-20,22,26,28,37H,8-9,12-13,21H2,(H,38,41)(H,39,40)(H,42,43). The van der Waals surface area contributed by atoms with E-state index in [2.05, 4.69) is 15.6 Å². The van der Waals surface area contributed by atoms with Gasteiger partial charge in [0.1, 0.15) is 17.2 Å². The molecular weight excluding hydrogens is 570 g/mol. The summed E-state index contributed by atoms with van der Waals surface area (Å²) in [5, 5.41) is 16.2. The quantitative estimate of drug-likeness (QED) is 0.137. The number of amides is 2. The van der Waals surface area contributed by atoms with Crippen LogP contribution in [-0.4, -0.2) is 40.0 Å². The smallest absolute Gasteiger partial charge is 0.337 e. The molecule has 4 N–H and O–H groups in total. The minimum Gasteiger partial charge on any atom is -0.490 e. The molecule has 45 heavy (non-hydrogen) atoms. The summed E-state index contributed by atoms with van der Waals surface area (Å²) in [5.41, 5.74) is 2.76. The van der Waals surface area contributed by atoms with Gasteiger partial charge in [0, 0.05) is 28.7 Å². The van der Waals surface area contributed by atoms with Crippen molar-refractivity contribution < 1.29 is 29.0 Å². The van der Waals surface area contributed by atoms with Gasteiger partial charge in [0.2, 0.25) is 5.91 Å². The van der Waals surface area contributed by atoms with Gasteiger partial charge in [-0.1, -0.05) is 24.3 Å². The van der Waals surface area contributed by atoms with Crippen molar-refractivity contribution in [2.75, 3.05) is 5.32 Å². The van der Waals surface area contributed by atoms with Gasteiger partial charge in [-0.15, -0.1) is 0 Å². The first-order valence-electron chi connectivity index (χ1n) is 14.9. The Morgan fingerprint density at radius 1 is 0.800 bits per heavy atom. The molecular formula is C36H33N3O6. The van der Waals surface area contributed by atoms with E-state index in [1.165, 1.54) is 6.07 Å². The first-order chi connectivity index (χ1) is 21.9. The fourth-order valence-electron chi connectivity index (χ4n) is 5.54. The Balaban J connectivity index is 0.942. The minimum atomic E-state index is -1.10. The number of aromatic carboxylic acids is 1. The number of carbonyl (C=O) groups is 3. The lowest BCUT2D eigenvalue weighted by Gasteiger charge is -2.29. The second-order valence-corrected chi connectivity index (χ2v) is 11.1. The van der Waals surface area contributed by atoms with Crippen molar-refractivity contribution in [3.63, 3.8) is 0 Å². The molecule has 9 nitrogen and oxygen atoms in total. The van der Waals surface area contributed by atoms with Gasteiger partial charge in [-0.2, -0.15) is 0 Å². The van der Waals surface area contributed by atoms with Gasteiger partial charge < -0.3 is 30.2 Å². The molecule has 0 spiro atoms. The number of carboxylic acid groups (broad SMARTS) is 1. The van der Waals surface area contributed by atoms with E-state index in [1.54, 1.807) is 42.5 Å². The van der Waals surface area contributed by atoms with Gasteiger partial charge >= 0.3 is 5.97 Å². The van der Waals surface area contributed by atoms with E-state index >= 15 is 0 Å². The van der Waals surface area contributed by atoms with E-state index in [9.17, 15) is 19.5 Å². The van der Waals surface area contributed by atoms with Crippen LogP contribution in [0.2, 0.25) is 0 Å². The second kappa shape index (κ2) is 13.4. The van der Waals surface area contributed by atoms with E-state index < -0.39 is 5.97 Å². The Morgan fingerprint density at radius 3 is 2.22 bits per heavy atom. The number of hydrogen-bond donors (Lipinski definition) is 4. The van der Waals surface area contributed by atoms with Gasteiger partial charge in [-0.3, -0.25) is 9.59 Å². The van der Waals surface area contributed by atoms with Crippen LogP contribution >= 0.6 is 0 Å². The highest BCUT2D eigenvalue weighted by molar-refractivity contribution is 6.01. The second-order valence-electron chi connectivity index (χ2n) is 11.1. The SMILES string of the molecule is O=C(Cc1ccc(Oc2ccc(OC3CCC(NC(=O)c4ccc5[nH]ccc5c4)CC3)cc2)cc1)Nc1ccccc1C(=O)O. The fraction of sp³-hybridized carbons (Fsp3) is 0.194. The monoisotopic (exact) mass is 603 g/mol. The average Bonchev–Trinajstić information content (AvgIpc) is 3.52. The van der Waals surface area contributed by atoms with E-state index in [-0.39, 0.29) is 41.6 Å². The highest BCUT2D eigenvalue weighted by atomic mass is 16.5. The summed E-state index contributed by atoms with van der Waals surface area (Å²) in [6.45, 7) is 0. The number of nitrogens with one attached hydrogen (secondary N) is 3. The third-order valence-electron chi connectivity index (χ3n) is 7.91. The van der Waals surface area contributed by atoms with Crippen molar-refractivity contribution >= 4 is 34.4 Å². The number of ether oxygens (including phenoxy) is 2. The molecule has 1 aromatic heterocycles. The molecule has 0 radical (unpaired) electrons. The van der Waals surface area contributed by atoms with Crippen LogP contribution in [0.5, 0.6) is 17.2 Å². The first kappa shape index (κ1) is 29.5. The molecule has 0 bridgehead atoms. The first-order valence-corrected chi connectivity index (χ1v) is 14.9. The number of hydrogen-bond acceptors (Lipinski definition) is 5. The maximum Gasteiger partial charge on any atom is 0.337 e. The molecule has 1 heterocycles. The Morgan fingerprint density at radius 2 is 1.49 bits per heavy atom. The van der Waals surface area contributed by atoms with Crippen LogP contribution in [0.25, 0.3) is 10.9 Å². The van der Waals surface area contributed by atoms with E-state index in [4.69, 9.17) is 9.47 Å². The summed E-state index contributed by atoms with van der Waals surface area (Å²) < 4.78 is 12.2. The predicted molar refractivity (Wildman–Crippen MR) is 171 cm³/mol. The molecule has 1 aliphatic carbocycles. The van der Waals surface area contributed by atoms with Gasteiger partial charge in [-0.05, 0) is 104 Å². The van der Waals surface area contributed by atoms with Crippen LogP contribution in [0.15, 0.2) is 103 Å². The molecule has 1 saturated carbocycles. The molecule has 5 aromatic rings. The van der Waals surface area contributed by atoms with Gasteiger partial charge in [0.25, 0.3) is 5.91 Å². The number of fused-ring (bicyclic) bond motifs is 1. The molecule has 0 aliphatic heterocycles. The van der Waals surface area contributed by atoms with Crippen molar-refractivity contribution in [3.05, 3.63) is 120 Å². The zero-order chi connectivity index (χ0) is 31.2. The van der Waals surface area contributed by atoms with Crippen LogP contribution < -0.4 is 20.1 Å². The van der Waals surface area contributed by atoms with Crippen LogP contribution in [0, 0.1) is 0 Å². The zero-order valence-corrected chi connectivity index (χ0v) is 24.5. The van der Waals surface area contributed by atoms with Crippen molar-refractivity contribution in [1.82, 2.24) is 10.3 Å². The topological polar surface area (TPSA) is 130 Å². The molecule has 2 amide bonds. The number of carbonyl (C=O) groups excluding carboxylic acids is 2. The zero-order valence-electron chi connectivity index (χ0n) is 24.5. The molecule has 0 saturated heterocycles. The van der Waals surface area contributed by atoms with Crippen molar-refractivity contribution in [2.45, 2.75) is 44.2 Å². The number of H-pyrrole nitrogens is 1. The van der Waals surface area contributed by atoms with Gasteiger partial charge in [-0.25, -0.2) is 4.79 Å². The Kier molecular flexibility index (Phi) is 8.77. The van der Waals surface area contributed by atoms with Crippen molar-refractivity contribution in [1.29, 1.82) is 0 Å². The van der Waals surface area contributed by atoms with Gasteiger partial charge in [0.05, 0.1) is 23.8 Å². The molecule has 1 aliphatic rings. The van der Waals surface area contributed by atoms with Crippen LogP contribution in [-0.2, 0) is 11.2 Å². The Labute approximate surface area is 260 Å². The van der Waals surface area contributed by atoms with Gasteiger partial charge in [0.15, 0.2) is 0 Å². The van der Waals surface area contributed by atoms with Crippen LogP contribution in [0.3, 0.4) is 0 Å². The number of rotatable bonds is 10. The lowest BCUT2D eigenvalue weighted by Crippen LogP contribution is -2.39. The minimum absolute atomic E-state index is 0.0432. The average molecular weight is 604 g/mol. The number of aromatic amines is 1. The lowest BCUT2D eigenvalue weighted by atomic mass is 9.92. The van der Waals surface area contributed by atoms with Crippen molar-refractivity contribution in [3.8, 4) is 17.2 Å². The maximum absolute atomic E-state index is 12.8. The summed E-state index contributed by atoms with van der Waals surface area (Å²) in [5.74, 6) is 0.592. The number of benzene rings is 4. The largest absolute Gasteiger partial charge is 0.490 e. The van der Waals surface area contributed by atoms with E-state index in [0.29, 0.717) is 17.1 Å². The summed E-state index contributed by atoms with van der Waals surface area (Å²) in [4.78, 5) is 39.8. The van der Waals surface area contributed by atoms with Crippen molar-refractivity contribution in [2.24, 2.45) is 0 Å². The molecule has 4 aromatic carbocycles. The predicted octanol–water partition coefficient (Wildman–Crippen LogP) is 6.96. The molecule has 0 unspecified atom stereocenters. The number of anilines is 1. The highest BCUT2D eigenvalue weighted by Crippen LogP contribution is 2.28. The molecule has 1 fully saturated rings. The molecule has 9 heteroatoms. The third-order valence-corrected chi connectivity index (χ3v) is 7.91. The summed E-state index contributed by atoms with van der Waals surface area (Å²) in [6, 6.07) is 28.7. The Bertz CT molecular complexity index is 1810. The third kappa shape index (κ3) is 7.51. The number of carboxylic acids is 1. The van der Waals surface area contributed by atoms with Crippen LogP contribution in [0.1, 0.15) is 52.0 Å². The highest BCUT2D eigenvalue weighted by Gasteiger charge is 2.24. The fourth-order valence-corrected chi connectivity index (χ4v) is 5.54. The number of para-hydroxylation sites is 1. The summed E-state index contributed by atoms with van der Waals surface area (Å²) in [7, 11) is 0.